The molecule has 0 bridgehead atoms. The molecular weight excluding hydrogens is 965 g/mol. The minimum Gasteiger partial charge on any atom is -1.00 e. The summed E-state index contributed by atoms with van der Waals surface area (Å²) in [5, 5.41) is 25.6. The summed E-state index contributed by atoms with van der Waals surface area (Å²) in [6.07, 6.45) is 0. The van der Waals surface area contributed by atoms with Gasteiger partial charge in [-0.25, -0.2) is 25.4 Å². The van der Waals surface area contributed by atoms with Crippen LogP contribution < -0.4 is 60.7 Å². The Labute approximate surface area is 365 Å². The van der Waals surface area contributed by atoms with E-state index in [1.54, 1.807) is 43.3 Å². The zero-order valence-corrected chi connectivity index (χ0v) is 38.6. The maximum atomic E-state index is 9.77. The first-order valence-electron chi connectivity index (χ1n) is 14.6. The van der Waals surface area contributed by atoms with Gasteiger partial charge in [0.25, 0.3) is 0 Å². The largest absolute Gasteiger partial charge is 1.00 e. The first-order chi connectivity index (χ1) is 24.5. The van der Waals surface area contributed by atoms with Crippen LogP contribution in [0.5, 0.6) is 17.6 Å². The Kier molecular flexibility index (Phi) is 24.7. The van der Waals surface area contributed by atoms with Crippen LogP contribution in [0.25, 0.3) is 0 Å². The fourth-order valence-electron chi connectivity index (χ4n) is 3.07. The molecule has 0 radical (unpaired) electrons. The normalized spacial score (nSPS) is 14.7. The van der Waals surface area contributed by atoms with Crippen LogP contribution in [0.1, 0.15) is 39.3 Å². The molecule has 0 amide bonds. The average molecular weight is 1010 g/mol. The van der Waals surface area contributed by atoms with E-state index in [0.29, 0.717) is 51.6 Å². The smallest absolute Gasteiger partial charge is 1.00 e. The van der Waals surface area contributed by atoms with Crippen LogP contribution in [0, 0.1) is 0 Å². The van der Waals surface area contributed by atoms with Gasteiger partial charge in [-0.05, 0) is 111 Å². The summed E-state index contributed by atoms with van der Waals surface area (Å²) >= 11 is 13.1. The number of nitrogens with zero attached hydrogens (tertiary/aromatic N) is 6. The molecule has 16 nitrogen and oxygen atoms in total. The number of hydrogen-bond donors (Lipinski definition) is 5. The van der Waals surface area contributed by atoms with E-state index in [9.17, 15) is 5.11 Å². The molecule has 3 aromatic heterocycles. The van der Waals surface area contributed by atoms with Gasteiger partial charge in [-0.2, -0.15) is 0 Å². The number of methoxy groups -OCH3 is 3. The van der Waals surface area contributed by atoms with Crippen molar-refractivity contribution in [3.63, 3.8) is 0 Å². The minimum absolute atomic E-state index is 0. The summed E-state index contributed by atoms with van der Waals surface area (Å²) in [6, 6.07) is 10.3. The molecule has 0 fully saturated rings. The Morgan fingerprint density at radius 1 is 0.887 bits per heavy atom. The zero-order chi connectivity index (χ0) is 39.4. The van der Waals surface area contributed by atoms with Gasteiger partial charge in [0.15, 0.2) is 23.2 Å². The number of ether oxygens (including phenoxy) is 3. The number of aliphatic imine (C=N–C) groups is 1. The molecule has 1 unspecified atom stereocenters. The van der Waals surface area contributed by atoms with E-state index in [1.807, 2.05) is 13.8 Å². The molecule has 1 atom stereocenters. The van der Waals surface area contributed by atoms with Crippen molar-refractivity contribution in [1.82, 2.24) is 20.4 Å². The SMILES string of the molecule is C=C(C)CBr.C=C(C)CO/N=C(\N)c1ccc(Br)c(OC)n1.COc1nc(/C(N)=N/O)ccc1Br.COc1nc(C2=NC(C)(O)CON2)ccc1Br.[H-].[Na+]. The maximum Gasteiger partial charge on any atom is 1.00 e. The fraction of sp³-hybridized carbons (Fsp3) is 0.312. The summed E-state index contributed by atoms with van der Waals surface area (Å²) in [7, 11) is 4.55. The molecule has 4 rings (SSSR count). The van der Waals surface area contributed by atoms with Gasteiger partial charge in [-0.15, -0.1) is 0 Å². The van der Waals surface area contributed by atoms with Crippen LogP contribution in [-0.2, 0) is 9.68 Å². The number of nitrogens with one attached hydrogen (secondary N) is 1. The molecule has 1 aliphatic rings. The van der Waals surface area contributed by atoms with Gasteiger partial charge >= 0.3 is 29.6 Å². The van der Waals surface area contributed by atoms with E-state index in [4.69, 9.17) is 40.6 Å². The molecule has 286 valence electrons. The van der Waals surface area contributed by atoms with Crippen molar-refractivity contribution in [3.8, 4) is 17.6 Å². The Morgan fingerprint density at radius 2 is 1.34 bits per heavy atom. The van der Waals surface area contributed by atoms with E-state index in [0.717, 1.165) is 19.8 Å². The van der Waals surface area contributed by atoms with Crippen LogP contribution in [0.2, 0.25) is 0 Å². The molecule has 4 heterocycles. The van der Waals surface area contributed by atoms with Gasteiger partial charge in [0.05, 0.1) is 34.7 Å². The number of hydrogen-bond acceptors (Lipinski definition) is 14. The number of nitrogens with two attached hydrogens (primary N) is 2. The van der Waals surface area contributed by atoms with Crippen molar-refractivity contribution < 1.29 is 65.2 Å². The van der Waals surface area contributed by atoms with Crippen molar-refractivity contribution in [2.45, 2.75) is 26.5 Å². The van der Waals surface area contributed by atoms with Gasteiger partial charge in [-0.1, -0.05) is 45.0 Å². The number of halogens is 4. The van der Waals surface area contributed by atoms with Gasteiger partial charge in [0.1, 0.15) is 30.3 Å². The topological polar surface area (TPSA) is 226 Å². The molecular formula is C32H42Br4N9NaO7. The first-order valence-corrected chi connectivity index (χ1v) is 18.1. The van der Waals surface area contributed by atoms with Crippen LogP contribution in [0.4, 0.5) is 0 Å². The second-order valence-electron chi connectivity index (χ2n) is 10.4. The molecule has 1 aliphatic heterocycles. The third-order valence-corrected chi connectivity index (χ3v) is 8.23. The summed E-state index contributed by atoms with van der Waals surface area (Å²) < 4.78 is 17.3. The Bertz CT molecular complexity index is 1760. The molecule has 0 aromatic carbocycles. The zero-order valence-electron chi connectivity index (χ0n) is 31.3. The third kappa shape index (κ3) is 18.9. The van der Waals surface area contributed by atoms with Crippen molar-refractivity contribution in [2.24, 2.45) is 26.8 Å². The van der Waals surface area contributed by atoms with Gasteiger partial charge in [0, 0.05) is 5.33 Å². The van der Waals surface area contributed by atoms with Crippen molar-refractivity contribution >= 4 is 81.2 Å². The molecule has 21 heteroatoms. The molecule has 0 saturated heterocycles. The number of allylic oxidation sites excluding steroid dienone is 1. The Hall–Kier alpha value is -2.82. The van der Waals surface area contributed by atoms with Crippen molar-refractivity contribution in [2.75, 3.05) is 39.9 Å². The number of amidine groups is 3. The quantitative estimate of drug-likeness (QED) is 0.0375. The number of pyridine rings is 3. The first kappa shape index (κ1) is 50.2. The standard InChI is InChI=1S/C11H14BrN3O2.C10H12BrN3O3.C7H8BrN3O2.C4H7Br.Na.H/c1-7(2)6-17-15-10(13)9-5-4-8(12)11(14-9)16-3;1-10(15)5-17-14-8(13-10)7-4-3-6(11)9(12-7)16-2;1-13-7-4(8)2-3-5(10-7)6(9)11-12;1-4(2)3-5;;/h4-5H,1,6H2,2-3H3,(H2,13,15);3-4,15H,5H2,1-2H3,(H,13,14);2-3,12H,1H3,(H2,9,11);1,3H2,2H3;;/q;;;;+1;-1. The molecule has 53 heavy (non-hydrogen) atoms. The summed E-state index contributed by atoms with van der Waals surface area (Å²) in [4.78, 5) is 26.5. The molecule has 0 saturated carbocycles. The predicted octanol–water partition coefficient (Wildman–Crippen LogP) is 2.93. The van der Waals surface area contributed by atoms with Crippen LogP contribution >= 0.6 is 63.7 Å². The average Bonchev–Trinajstić information content (AvgIpc) is 3.12. The predicted molar refractivity (Wildman–Crippen MR) is 215 cm³/mol. The number of aliphatic hydroxyl groups is 1. The van der Waals surface area contributed by atoms with Gasteiger partial charge in [-0.3, -0.25) is 4.84 Å². The summed E-state index contributed by atoms with van der Waals surface area (Å²) in [5.74, 6) is 1.79. The van der Waals surface area contributed by atoms with Crippen LogP contribution in [0.3, 0.4) is 0 Å². The monoisotopic (exact) mass is 1000 g/mol. The van der Waals surface area contributed by atoms with Crippen LogP contribution in [-0.4, -0.2) is 88.4 Å². The van der Waals surface area contributed by atoms with E-state index >= 15 is 0 Å². The molecule has 7 N–H and O–H groups in total. The number of hydroxylamine groups is 1. The summed E-state index contributed by atoms with van der Waals surface area (Å²) in [6.45, 7) is 13.1. The summed E-state index contributed by atoms with van der Waals surface area (Å²) in [5.41, 5.74) is 15.8. The number of aromatic nitrogens is 3. The van der Waals surface area contributed by atoms with Crippen molar-refractivity contribution in [3.05, 3.63) is 91.2 Å². The van der Waals surface area contributed by atoms with E-state index in [1.165, 1.54) is 26.9 Å². The molecule has 0 spiro atoms. The second-order valence-corrected chi connectivity index (χ2v) is 13.5. The second kappa shape index (κ2) is 26.1. The molecule has 0 aliphatic carbocycles. The molecule has 3 aromatic rings. The third-order valence-electron chi connectivity index (χ3n) is 5.47. The van der Waals surface area contributed by atoms with Gasteiger partial charge < -0.3 is 42.3 Å². The van der Waals surface area contributed by atoms with Gasteiger partial charge in [0.2, 0.25) is 17.6 Å². The minimum atomic E-state index is -1.25. The fourth-order valence-corrected chi connectivity index (χ4v) is 4.22. The Morgan fingerprint density at radius 3 is 1.75 bits per heavy atom. The number of oxime groups is 2. The van der Waals surface area contributed by atoms with Crippen LogP contribution in [0.15, 0.2) is 89.4 Å². The van der Waals surface area contributed by atoms with E-state index < -0.39 is 5.72 Å². The number of rotatable bonds is 10. The van der Waals surface area contributed by atoms with E-state index in [2.05, 4.69) is 113 Å². The van der Waals surface area contributed by atoms with Crippen molar-refractivity contribution in [1.29, 1.82) is 0 Å². The van der Waals surface area contributed by atoms with E-state index in [-0.39, 0.29) is 49.3 Å². The number of alkyl halides is 1. The maximum absolute atomic E-state index is 9.77. The Balaban J connectivity index is 0.